The van der Waals surface area contributed by atoms with Crippen molar-refractivity contribution in [2.45, 2.75) is 24.5 Å². The zero-order valence-corrected chi connectivity index (χ0v) is 18.7. The first-order valence-corrected chi connectivity index (χ1v) is 11.8. The number of para-hydroxylation sites is 1. The molecule has 0 saturated carbocycles. The van der Waals surface area contributed by atoms with Crippen LogP contribution >= 0.6 is 11.3 Å². The van der Waals surface area contributed by atoms with Crippen molar-refractivity contribution in [3.63, 3.8) is 0 Å². The second-order valence-electron chi connectivity index (χ2n) is 6.68. The highest BCUT2D eigenvalue weighted by atomic mass is 32.2. The maximum Gasteiger partial charge on any atom is 0.338 e. The van der Waals surface area contributed by atoms with E-state index in [-0.39, 0.29) is 10.5 Å². The maximum absolute atomic E-state index is 12.9. The molecule has 1 atom stereocenters. The molecule has 1 N–H and O–H groups in total. The summed E-state index contributed by atoms with van der Waals surface area (Å²) in [6, 6.07) is 17.9. The highest BCUT2D eigenvalue weighted by molar-refractivity contribution is 7.92. The van der Waals surface area contributed by atoms with Gasteiger partial charge in [-0.2, -0.15) is 0 Å². The van der Waals surface area contributed by atoms with Crippen molar-refractivity contribution in [1.29, 1.82) is 0 Å². The fourth-order valence-corrected chi connectivity index (χ4v) is 4.62. The summed E-state index contributed by atoms with van der Waals surface area (Å²) in [7, 11) is -2.44. The van der Waals surface area contributed by atoms with Gasteiger partial charge in [0.2, 0.25) is 0 Å². The summed E-state index contributed by atoms with van der Waals surface area (Å²) in [6.45, 7) is 1.81. The Morgan fingerprint density at radius 3 is 2.48 bits per heavy atom. The summed E-state index contributed by atoms with van der Waals surface area (Å²) in [5, 5.41) is 4.61. The Morgan fingerprint density at radius 1 is 1.06 bits per heavy atom. The van der Waals surface area contributed by atoms with Crippen molar-refractivity contribution in [2.24, 2.45) is 0 Å². The van der Waals surface area contributed by atoms with Crippen LogP contribution in [0.1, 0.15) is 22.2 Å². The van der Waals surface area contributed by atoms with E-state index in [1.807, 2.05) is 17.5 Å². The number of esters is 1. The SMILES string of the molecule is CC(OC(=O)c1cccc(S(=O)(=O)N(C)c2ccccc2)c1)C(=O)NCc1cccs1. The lowest BCUT2D eigenvalue weighted by molar-refractivity contribution is -0.129. The molecule has 0 radical (unpaired) electrons. The molecule has 0 bridgehead atoms. The summed E-state index contributed by atoms with van der Waals surface area (Å²) < 4.78 is 32.3. The Bertz CT molecular complexity index is 1150. The molecule has 3 rings (SSSR count). The summed E-state index contributed by atoms with van der Waals surface area (Å²) in [6.07, 6.45) is -1.03. The van der Waals surface area contributed by atoms with Gasteiger partial charge in [-0.25, -0.2) is 13.2 Å². The number of anilines is 1. The van der Waals surface area contributed by atoms with Crippen LogP contribution in [0.4, 0.5) is 5.69 Å². The minimum absolute atomic E-state index is 0.0421. The van der Waals surface area contributed by atoms with Gasteiger partial charge in [0.25, 0.3) is 15.9 Å². The van der Waals surface area contributed by atoms with Gasteiger partial charge in [0, 0.05) is 11.9 Å². The number of rotatable bonds is 8. The Balaban J connectivity index is 1.68. The molecule has 0 aliphatic rings. The van der Waals surface area contributed by atoms with E-state index in [0.717, 1.165) is 9.18 Å². The molecule has 0 aliphatic heterocycles. The number of hydrogen-bond donors (Lipinski definition) is 1. The molecule has 31 heavy (non-hydrogen) atoms. The third-order valence-electron chi connectivity index (χ3n) is 4.52. The number of benzene rings is 2. The summed E-state index contributed by atoms with van der Waals surface area (Å²) in [5.41, 5.74) is 0.534. The average Bonchev–Trinajstić information content (AvgIpc) is 3.31. The summed E-state index contributed by atoms with van der Waals surface area (Å²) >= 11 is 1.51. The van der Waals surface area contributed by atoms with Crippen LogP contribution in [0.2, 0.25) is 0 Å². The van der Waals surface area contributed by atoms with Crippen molar-refractivity contribution < 1.29 is 22.7 Å². The first kappa shape index (κ1) is 22.5. The number of thiophene rings is 1. The molecule has 1 amide bonds. The minimum atomic E-state index is -3.88. The van der Waals surface area contributed by atoms with Crippen LogP contribution in [0.25, 0.3) is 0 Å². The quantitative estimate of drug-likeness (QED) is 0.522. The lowest BCUT2D eigenvalue weighted by Gasteiger charge is -2.20. The third-order valence-corrected chi connectivity index (χ3v) is 7.18. The van der Waals surface area contributed by atoms with E-state index in [2.05, 4.69) is 5.32 Å². The van der Waals surface area contributed by atoms with Crippen molar-refractivity contribution in [3.05, 3.63) is 82.6 Å². The van der Waals surface area contributed by atoms with Crippen molar-refractivity contribution in [2.75, 3.05) is 11.4 Å². The highest BCUT2D eigenvalue weighted by Gasteiger charge is 2.24. The molecule has 0 spiro atoms. The average molecular weight is 459 g/mol. The molecule has 3 aromatic rings. The van der Waals surface area contributed by atoms with E-state index in [1.165, 1.54) is 49.6 Å². The fraction of sp³-hybridized carbons (Fsp3) is 0.182. The van der Waals surface area contributed by atoms with Gasteiger partial charge < -0.3 is 10.1 Å². The van der Waals surface area contributed by atoms with Gasteiger partial charge in [-0.15, -0.1) is 11.3 Å². The second kappa shape index (κ2) is 9.76. The normalized spacial score (nSPS) is 12.1. The number of nitrogens with one attached hydrogen (secondary N) is 1. The number of hydrogen-bond acceptors (Lipinski definition) is 6. The molecular weight excluding hydrogens is 436 g/mol. The predicted octanol–water partition coefficient (Wildman–Crippen LogP) is 3.43. The number of sulfonamides is 1. The highest BCUT2D eigenvalue weighted by Crippen LogP contribution is 2.22. The Morgan fingerprint density at radius 2 is 1.81 bits per heavy atom. The topological polar surface area (TPSA) is 92.8 Å². The van der Waals surface area contributed by atoms with Gasteiger partial charge in [0.05, 0.1) is 22.7 Å². The van der Waals surface area contributed by atoms with Crippen molar-refractivity contribution in [3.8, 4) is 0 Å². The van der Waals surface area contributed by atoms with E-state index in [9.17, 15) is 18.0 Å². The molecule has 2 aromatic carbocycles. The number of carbonyl (C=O) groups excluding carboxylic acids is 2. The Hall–Kier alpha value is -3.17. The number of nitrogens with zero attached hydrogens (tertiary/aromatic N) is 1. The molecular formula is C22H22N2O5S2. The lowest BCUT2D eigenvalue weighted by atomic mass is 10.2. The zero-order valence-electron chi connectivity index (χ0n) is 17.0. The van der Waals surface area contributed by atoms with Gasteiger partial charge in [-0.3, -0.25) is 9.10 Å². The molecule has 1 heterocycles. The molecule has 0 aliphatic carbocycles. The number of ether oxygens (including phenoxy) is 1. The molecule has 0 saturated heterocycles. The summed E-state index contributed by atoms with van der Waals surface area (Å²) in [5.74, 6) is -1.22. The van der Waals surface area contributed by atoms with Crippen LogP contribution in [-0.2, 0) is 26.1 Å². The standard InChI is InChI=1S/C22H22N2O5S2/c1-16(21(25)23-15-19-11-7-13-30-19)29-22(26)17-8-6-12-20(14-17)31(27,28)24(2)18-9-4-3-5-10-18/h3-14,16H,15H2,1-2H3,(H,23,25). The zero-order chi connectivity index (χ0) is 22.4. The Labute approximate surface area is 185 Å². The third kappa shape index (κ3) is 5.50. The molecule has 7 nitrogen and oxygen atoms in total. The van der Waals surface area contributed by atoms with Crippen LogP contribution in [0.5, 0.6) is 0 Å². The second-order valence-corrected chi connectivity index (χ2v) is 9.68. The molecule has 1 aromatic heterocycles. The van der Waals surface area contributed by atoms with E-state index in [1.54, 1.807) is 30.3 Å². The van der Waals surface area contributed by atoms with Gasteiger partial charge in [0.15, 0.2) is 6.10 Å². The van der Waals surface area contributed by atoms with Gasteiger partial charge in [0.1, 0.15) is 0 Å². The van der Waals surface area contributed by atoms with Crippen LogP contribution < -0.4 is 9.62 Å². The van der Waals surface area contributed by atoms with Gasteiger partial charge >= 0.3 is 5.97 Å². The van der Waals surface area contributed by atoms with E-state index >= 15 is 0 Å². The Kier molecular flexibility index (Phi) is 7.09. The lowest BCUT2D eigenvalue weighted by Crippen LogP contribution is -2.35. The first-order valence-electron chi connectivity index (χ1n) is 9.44. The maximum atomic E-state index is 12.9. The molecule has 9 heteroatoms. The van der Waals surface area contributed by atoms with E-state index < -0.39 is 28.0 Å². The van der Waals surface area contributed by atoms with E-state index in [4.69, 9.17) is 4.74 Å². The monoisotopic (exact) mass is 458 g/mol. The van der Waals surface area contributed by atoms with Crippen LogP contribution in [0.3, 0.4) is 0 Å². The van der Waals surface area contributed by atoms with Crippen LogP contribution in [-0.4, -0.2) is 33.4 Å². The van der Waals surface area contributed by atoms with Gasteiger partial charge in [-0.05, 0) is 48.7 Å². The van der Waals surface area contributed by atoms with Gasteiger partial charge in [-0.1, -0.05) is 30.3 Å². The minimum Gasteiger partial charge on any atom is -0.449 e. The molecule has 162 valence electrons. The van der Waals surface area contributed by atoms with Crippen molar-refractivity contribution in [1.82, 2.24) is 5.32 Å². The number of amides is 1. The molecule has 1 unspecified atom stereocenters. The first-order chi connectivity index (χ1) is 14.8. The van der Waals surface area contributed by atoms with Crippen LogP contribution in [0.15, 0.2) is 77.0 Å². The van der Waals surface area contributed by atoms with Crippen LogP contribution in [0, 0.1) is 0 Å². The predicted molar refractivity (Wildman–Crippen MR) is 120 cm³/mol. The summed E-state index contributed by atoms with van der Waals surface area (Å²) in [4.78, 5) is 25.6. The number of carbonyl (C=O) groups is 2. The largest absolute Gasteiger partial charge is 0.449 e. The fourth-order valence-electron chi connectivity index (χ4n) is 2.73. The smallest absolute Gasteiger partial charge is 0.338 e. The molecule has 0 fully saturated rings. The van der Waals surface area contributed by atoms with E-state index in [0.29, 0.717) is 12.2 Å². The van der Waals surface area contributed by atoms with Crippen molar-refractivity contribution >= 4 is 38.9 Å².